The molecule has 22 heavy (non-hydrogen) atoms. The summed E-state index contributed by atoms with van der Waals surface area (Å²) in [5.41, 5.74) is 11.1. The highest BCUT2D eigenvalue weighted by Gasteiger charge is 2.22. The predicted molar refractivity (Wildman–Crippen MR) is 85.0 cm³/mol. The molecule has 0 unspecified atom stereocenters. The van der Waals surface area contributed by atoms with Crippen molar-refractivity contribution in [1.29, 1.82) is 0 Å². The second-order valence-corrected chi connectivity index (χ2v) is 6.00. The van der Waals surface area contributed by atoms with Crippen molar-refractivity contribution >= 4 is 35.3 Å². The molecular formula is C13H21N5O3S. The number of hydrogen-bond acceptors (Lipinski definition) is 8. The highest BCUT2D eigenvalue weighted by atomic mass is 32.2. The van der Waals surface area contributed by atoms with Gasteiger partial charge in [0.25, 0.3) is 0 Å². The van der Waals surface area contributed by atoms with E-state index in [1.807, 2.05) is 13.8 Å². The lowest BCUT2D eigenvalue weighted by molar-refractivity contribution is -0.145. The molecule has 0 aliphatic heterocycles. The molecule has 0 fully saturated rings. The fourth-order valence-electron chi connectivity index (χ4n) is 1.72. The average Bonchev–Trinajstić information content (AvgIpc) is 2.42. The molecular weight excluding hydrogens is 306 g/mol. The Morgan fingerprint density at radius 3 is 2.41 bits per heavy atom. The second kappa shape index (κ2) is 8.42. The number of methoxy groups -OCH3 is 1. The molecule has 122 valence electrons. The van der Waals surface area contributed by atoms with Crippen LogP contribution in [0.25, 0.3) is 0 Å². The summed E-state index contributed by atoms with van der Waals surface area (Å²) in [7, 11) is 1.29. The van der Waals surface area contributed by atoms with E-state index in [2.05, 4.69) is 15.3 Å². The van der Waals surface area contributed by atoms with Crippen LogP contribution in [0, 0.1) is 5.92 Å². The maximum Gasteiger partial charge on any atom is 0.328 e. The lowest BCUT2D eigenvalue weighted by Gasteiger charge is -2.18. The highest BCUT2D eigenvalue weighted by molar-refractivity contribution is 7.99. The van der Waals surface area contributed by atoms with Crippen molar-refractivity contribution in [2.45, 2.75) is 31.5 Å². The summed E-state index contributed by atoms with van der Waals surface area (Å²) in [5, 5.41) is 2.96. The number of esters is 1. The number of nitrogens with zero attached hydrogens (tertiary/aromatic N) is 2. The maximum atomic E-state index is 11.9. The number of nitrogens with two attached hydrogens (primary N) is 2. The van der Waals surface area contributed by atoms with Crippen LogP contribution >= 0.6 is 11.8 Å². The topological polar surface area (TPSA) is 133 Å². The van der Waals surface area contributed by atoms with Crippen LogP contribution in [0.2, 0.25) is 0 Å². The minimum atomic E-state index is -0.662. The smallest absolute Gasteiger partial charge is 0.328 e. The Hall–Kier alpha value is -2.03. The van der Waals surface area contributed by atoms with Crippen molar-refractivity contribution in [1.82, 2.24) is 15.3 Å². The van der Waals surface area contributed by atoms with E-state index in [1.54, 1.807) is 0 Å². The Morgan fingerprint density at radius 1 is 1.32 bits per heavy atom. The Bertz CT molecular complexity index is 518. The normalized spacial score (nSPS) is 12.0. The lowest BCUT2D eigenvalue weighted by atomic mass is 10.0. The van der Waals surface area contributed by atoms with E-state index >= 15 is 0 Å². The molecule has 0 aromatic carbocycles. The summed E-state index contributed by atoms with van der Waals surface area (Å²) >= 11 is 1.09. The Kier molecular flexibility index (Phi) is 6.90. The summed E-state index contributed by atoms with van der Waals surface area (Å²) in [4.78, 5) is 31.5. The van der Waals surface area contributed by atoms with Crippen molar-refractivity contribution in [2.75, 3.05) is 24.3 Å². The molecule has 1 rings (SSSR count). The van der Waals surface area contributed by atoms with Crippen LogP contribution in [0.5, 0.6) is 0 Å². The molecule has 0 radical (unpaired) electrons. The maximum absolute atomic E-state index is 11.9. The third-order valence-electron chi connectivity index (χ3n) is 2.61. The molecule has 0 saturated heterocycles. The van der Waals surface area contributed by atoms with E-state index in [0.717, 1.165) is 11.8 Å². The zero-order chi connectivity index (χ0) is 16.7. The average molecular weight is 327 g/mol. The SMILES string of the molecule is COC(=O)[C@H](CC(C)C)NC(=O)CSc1nc(N)cc(N)n1. The quantitative estimate of drug-likeness (QED) is 0.373. The molecule has 0 bridgehead atoms. The number of amides is 1. The van der Waals surface area contributed by atoms with Crippen LogP contribution in [0.15, 0.2) is 11.2 Å². The van der Waals surface area contributed by atoms with Gasteiger partial charge in [0.15, 0.2) is 5.16 Å². The van der Waals surface area contributed by atoms with E-state index in [0.29, 0.717) is 11.6 Å². The monoisotopic (exact) mass is 327 g/mol. The number of nitrogen functional groups attached to an aromatic ring is 2. The second-order valence-electron chi connectivity index (χ2n) is 5.06. The number of thioether (sulfide) groups is 1. The molecule has 0 spiro atoms. The van der Waals surface area contributed by atoms with Gasteiger partial charge in [0, 0.05) is 6.07 Å². The Morgan fingerprint density at radius 2 is 1.91 bits per heavy atom. The molecule has 8 nitrogen and oxygen atoms in total. The summed E-state index contributed by atoms with van der Waals surface area (Å²) in [5.74, 6) is -0.00403. The summed E-state index contributed by atoms with van der Waals surface area (Å²) in [6, 6.07) is 0.769. The predicted octanol–water partition coefficient (Wildman–Crippen LogP) is 0.437. The van der Waals surface area contributed by atoms with Gasteiger partial charge in [-0.05, 0) is 12.3 Å². The zero-order valence-corrected chi connectivity index (χ0v) is 13.6. The van der Waals surface area contributed by atoms with Crippen LogP contribution in [0.4, 0.5) is 11.6 Å². The summed E-state index contributed by atoms with van der Waals surface area (Å²) in [6.07, 6.45) is 0.505. The fraction of sp³-hybridized carbons (Fsp3) is 0.538. The number of aromatic nitrogens is 2. The Balaban J connectivity index is 2.58. The summed E-state index contributed by atoms with van der Waals surface area (Å²) < 4.78 is 4.69. The lowest BCUT2D eigenvalue weighted by Crippen LogP contribution is -2.43. The number of anilines is 2. The molecule has 0 aliphatic rings. The molecule has 5 N–H and O–H groups in total. The first kappa shape index (κ1) is 18.0. The standard InChI is InChI=1S/C13H21N5O3S/c1-7(2)4-8(12(20)21-3)16-11(19)6-22-13-17-9(14)5-10(15)18-13/h5,7-8H,4,6H2,1-3H3,(H,16,19)(H4,14,15,17,18)/t8-/m0/s1. The van der Waals surface area contributed by atoms with E-state index in [1.165, 1.54) is 13.2 Å². The van der Waals surface area contributed by atoms with Gasteiger partial charge in [0.1, 0.15) is 17.7 Å². The van der Waals surface area contributed by atoms with Crippen molar-refractivity contribution in [3.8, 4) is 0 Å². The van der Waals surface area contributed by atoms with Crippen molar-refractivity contribution in [2.24, 2.45) is 5.92 Å². The van der Waals surface area contributed by atoms with E-state index in [-0.39, 0.29) is 29.2 Å². The van der Waals surface area contributed by atoms with Gasteiger partial charge in [-0.2, -0.15) is 0 Å². The van der Waals surface area contributed by atoms with Gasteiger partial charge in [0.05, 0.1) is 12.9 Å². The first-order valence-electron chi connectivity index (χ1n) is 6.71. The third kappa shape index (κ3) is 6.17. The number of carbonyl (C=O) groups excluding carboxylic acids is 2. The van der Waals surface area contributed by atoms with Gasteiger partial charge >= 0.3 is 5.97 Å². The molecule has 1 atom stereocenters. The van der Waals surface area contributed by atoms with Crippen LogP contribution in [0.1, 0.15) is 20.3 Å². The van der Waals surface area contributed by atoms with Gasteiger partial charge in [0.2, 0.25) is 5.91 Å². The minimum Gasteiger partial charge on any atom is -0.467 e. The molecule has 9 heteroatoms. The van der Waals surface area contributed by atoms with Crippen LogP contribution in [-0.4, -0.2) is 40.7 Å². The van der Waals surface area contributed by atoms with E-state index < -0.39 is 12.0 Å². The Labute approximate surface area is 133 Å². The van der Waals surface area contributed by atoms with Gasteiger partial charge < -0.3 is 21.5 Å². The number of rotatable bonds is 7. The van der Waals surface area contributed by atoms with E-state index in [4.69, 9.17) is 16.2 Å². The number of nitrogens with one attached hydrogen (secondary N) is 1. The van der Waals surface area contributed by atoms with Crippen LogP contribution in [0.3, 0.4) is 0 Å². The third-order valence-corrected chi connectivity index (χ3v) is 3.45. The van der Waals surface area contributed by atoms with Crippen molar-refractivity contribution in [3.05, 3.63) is 6.07 Å². The van der Waals surface area contributed by atoms with Gasteiger partial charge in [-0.25, -0.2) is 14.8 Å². The highest BCUT2D eigenvalue weighted by Crippen LogP contribution is 2.16. The fourth-order valence-corrected chi connectivity index (χ4v) is 2.40. The van der Waals surface area contributed by atoms with Crippen molar-refractivity contribution in [3.63, 3.8) is 0 Å². The van der Waals surface area contributed by atoms with Gasteiger partial charge in [-0.1, -0.05) is 25.6 Å². The number of carbonyl (C=O) groups is 2. The van der Waals surface area contributed by atoms with Crippen molar-refractivity contribution < 1.29 is 14.3 Å². The molecule has 0 aliphatic carbocycles. The molecule has 1 aromatic rings. The summed E-state index contributed by atoms with van der Waals surface area (Å²) in [6.45, 7) is 3.92. The largest absolute Gasteiger partial charge is 0.467 e. The molecule has 1 heterocycles. The van der Waals surface area contributed by atoms with Gasteiger partial charge in [-0.15, -0.1) is 0 Å². The number of ether oxygens (including phenoxy) is 1. The van der Waals surface area contributed by atoms with Crippen LogP contribution < -0.4 is 16.8 Å². The minimum absolute atomic E-state index is 0.0501. The van der Waals surface area contributed by atoms with E-state index in [9.17, 15) is 9.59 Å². The first-order valence-corrected chi connectivity index (χ1v) is 7.70. The molecule has 1 amide bonds. The zero-order valence-electron chi connectivity index (χ0n) is 12.8. The number of hydrogen-bond donors (Lipinski definition) is 3. The van der Waals surface area contributed by atoms with Crippen LogP contribution in [-0.2, 0) is 14.3 Å². The van der Waals surface area contributed by atoms with Gasteiger partial charge in [-0.3, -0.25) is 4.79 Å². The first-order chi connectivity index (χ1) is 10.3. The molecule has 0 saturated carbocycles. The molecule has 1 aromatic heterocycles.